The van der Waals surface area contributed by atoms with E-state index in [1.807, 2.05) is 0 Å². The zero-order valence-corrected chi connectivity index (χ0v) is 9.79. The van der Waals surface area contributed by atoms with Crippen molar-refractivity contribution in [2.24, 2.45) is 0 Å². The lowest BCUT2D eigenvalue weighted by Gasteiger charge is -2.01. The first-order valence-electron chi connectivity index (χ1n) is 5.66. The molecular weight excluding hydrogens is 192 g/mol. The summed E-state index contributed by atoms with van der Waals surface area (Å²) >= 11 is 0. The van der Waals surface area contributed by atoms with Crippen LogP contribution in [0, 0.1) is 0 Å². The van der Waals surface area contributed by atoms with Crippen LogP contribution >= 0.6 is 0 Å². The highest BCUT2D eigenvalue weighted by molar-refractivity contribution is 5.85. The molecule has 0 aliphatic rings. The number of unbranched alkanes of at least 4 members (excludes halogenated alkanes) is 3. The molecule has 3 heteroatoms. The largest absolute Gasteiger partial charge is 0.478 e. The summed E-state index contributed by atoms with van der Waals surface area (Å²) in [4.78, 5) is 10.4. The van der Waals surface area contributed by atoms with Gasteiger partial charge in [0.25, 0.3) is 0 Å². The maximum absolute atomic E-state index is 10.4. The van der Waals surface area contributed by atoms with Gasteiger partial charge in [-0.3, -0.25) is 0 Å². The van der Waals surface area contributed by atoms with E-state index >= 15 is 0 Å². The molecule has 0 heterocycles. The van der Waals surface area contributed by atoms with Crippen molar-refractivity contribution in [1.29, 1.82) is 0 Å². The Labute approximate surface area is 92.1 Å². The molecule has 0 spiro atoms. The van der Waals surface area contributed by atoms with Gasteiger partial charge in [0.2, 0.25) is 0 Å². The maximum Gasteiger partial charge on any atom is 0.330 e. The Bertz CT molecular complexity index is 197. The predicted octanol–water partition coefficient (Wildman–Crippen LogP) is 3.00. The number of carboxylic acids is 1. The lowest BCUT2D eigenvalue weighted by Crippen LogP contribution is -1.97. The Morgan fingerprint density at radius 1 is 1.27 bits per heavy atom. The first-order valence-corrected chi connectivity index (χ1v) is 5.66. The van der Waals surface area contributed by atoms with Gasteiger partial charge in [0.1, 0.15) is 0 Å². The van der Waals surface area contributed by atoms with Crippen LogP contribution < -0.4 is 0 Å². The van der Waals surface area contributed by atoms with Crippen molar-refractivity contribution in [2.45, 2.75) is 46.0 Å². The fourth-order valence-electron chi connectivity index (χ4n) is 1.10. The molecular formula is C12H22O3. The van der Waals surface area contributed by atoms with Crippen LogP contribution in [0.1, 0.15) is 46.0 Å². The van der Waals surface area contributed by atoms with Crippen molar-refractivity contribution in [3.05, 3.63) is 11.6 Å². The van der Waals surface area contributed by atoms with Gasteiger partial charge in [0, 0.05) is 18.8 Å². The molecule has 0 amide bonds. The average Bonchev–Trinajstić information content (AvgIpc) is 2.21. The molecule has 88 valence electrons. The first kappa shape index (κ1) is 14.2. The molecule has 0 aliphatic heterocycles. The minimum Gasteiger partial charge on any atom is -0.478 e. The maximum atomic E-state index is 10.4. The number of rotatable bonds is 9. The van der Waals surface area contributed by atoms with Crippen LogP contribution in [0.2, 0.25) is 0 Å². The number of carboxylic acid groups (broad SMARTS) is 1. The molecule has 1 N–H and O–H groups in total. The Morgan fingerprint density at radius 3 is 2.53 bits per heavy atom. The topological polar surface area (TPSA) is 46.5 Å². The summed E-state index contributed by atoms with van der Waals surface area (Å²) in [6, 6.07) is 0. The first-order chi connectivity index (χ1) is 7.18. The number of ether oxygens (including phenoxy) is 1. The van der Waals surface area contributed by atoms with Crippen LogP contribution in [0.25, 0.3) is 0 Å². The van der Waals surface area contributed by atoms with Crippen LogP contribution in [0.5, 0.6) is 0 Å². The summed E-state index contributed by atoms with van der Waals surface area (Å²) < 4.78 is 5.39. The summed E-state index contributed by atoms with van der Waals surface area (Å²) in [7, 11) is 0. The molecule has 0 atom stereocenters. The van der Waals surface area contributed by atoms with E-state index in [0.29, 0.717) is 5.57 Å². The number of hydrogen-bond acceptors (Lipinski definition) is 2. The van der Waals surface area contributed by atoms with E-state index in [9.17, 15) is 4.79 Å². The van der Waals surface area contributed by atoms with Crippen molar-refractivity contribution < 1.29 is 14.6 Å². The Morgan fingerprint density at radius 2 is 1.93 bits per heavy atom. The molecule has 0 saturated heterocycles. The van der Waals surface area contributed by atoms with Crippen molar-refractivity contribution in [3.8, 4) is 0 Å². The van der Waals surface area contributed by atoms with Crippen LogP contribution in [-0.4, -0.2) is 24.3 Å². The summed E-state index contributed by atoms with van der Waals surface area (Å²) in [6.07, 6.45) is 6.89. The lowest BCUT2D eigenvalue weighted by atomic mass is 10.2. The van der Waals surface area contributed by atoms with Crippen LogP contribution in [0.15, 0.2) is 11.6 Å². The van der Waals surface area contributed by atoms with Gasteiger partial charge in [-0.05, 0) is 32.6 Å². The Hall–Kier alpha value is -0.830. The molecule has 0 aromatic rings. The molecule has 0 aromatic heterocycles. The predicted molar refractivity (Wildman–Crippen MR) is 61.0 cm³/mol. The minimum atomic E-state index is -0.825. The molecule has 0 unspecified atom stereocenters. The van der Waals surface area contributed by atoms with E-state index in [-0.39, 0.29) is 0 Å². The van der Waals surface area contributed by atoms with Gasteiger partial charge < -0.3 is 9.84 Å². The normalized spacial score (nSPS) is 11.7. The molecule has 0 fully saturated rings. The fraction of sp³-hybridized carbons (Fsp3) is 0.750. The molecule has 0 aliphatic carbocycles. The number of hydrogen-bond donors (Lipinski definition) is 1. The molecule has 0 radical (unpaired) electrons. The molecule has 0 saturated carbocycles. The third kappa shape index (κ3) is 9.47. The van der Waals surface area contributed by atoms with E-state index < -0.39 is 5.97 Å². The number of aliphatic carboxylic acids is 1. The molecule has 0 bridgehead atoms. The second-order valence-electron chi connectivity index (χ2n) is 3.65. The fourth-order valence-corrected chi connectivity index (χ4v) is 1.10. The van der Waals surface area contributed by atoms with Gasteiger partial charge in [0.05, 0.1) is 0 Å². The quantitative estimate of drug-likeness (QED) is 0.474. The third-order valence-corrected chi connectivity index (χ3v) is 2.17. The van der Waals surface area contributed by atoms with Crippen molar-refractivity contribution >= 4 is 5.97 Å². The van der Waals surface area contributed by atoms with Gasteiger partial charge in [-0.25, -0.2) is 4.79 Å². The zero-order chi connectivity index (χ0) is 11.5. The smallest absolute Gasteiger partial charge is 0.330 e. The average molecular weight is 214 g/mol. The van der Waals surface area contributed by atoms with E-state index in [1.54, 1.807) is 13.0 Å². The second kappa shape index (κ2) is 9.71. The highest BCUT2D eigenvalue weighted by atomic mass is 16.5. The SMILES string of the molecule is CCCCOCCCCC=C(C)C(=O)O. The summed E-state index contributed by atoms with van der Waals surface area (Å²) in [5.41, 5.74) is 0.432. The molecule has 3 nitrogen and oxygen atoms in total. The monoisotopic (exact) mass is 214 g/mol. The van der Waals surface area contributed by atoms with Crippen molar-refractivity contribution in [2.75, 3.05) is 13.2 Å². The Balaban J connectivity index is 3.25. The highest BCUT2D eigenvalue weighted by Crippen LogP contribution is 2.02. The van der Waals surface area contributed by atoms with Crippen LogP contribution in [0.4, 0.5) is 0 Å². The van der Waals surface area contributed by atoms with Gasteiger partial charge in [0.15, 0.2) is 0 Å². The number of allylic oxidation sites excluding steroid dienone is 1. The number of carbonyl (C=O) groups is 1. The van der Waals surface area contributed by atoms with Gasteiger partial charge in [-0.2, -0.15) is 0 Å². The van der Waals surface area contributed by atoms with E-state index in [0.717, 1.165) is 38.9 Å². The second-order valence-corrected chi connectivity index (χ2v) is 3.65. The highest BCUT2D eigenvalue weighted by Gasteiger charge is 1.97. The van der Waals surface area contributed by atoms with E-state index in [1.165, 1.54) is 6.42 Å². The molecule has 0 rings (SSSR count). The lowest BCUT2D eigenvalue weighted by molar-refractivity contribution is -0.132. The van der Waals surface area contributed by atoms with Gasteiger partial charge in [-0.15, -0.1) is 0 Å². The van der Waals surface area contributed by atoms with Crippen LogP contribution in [-0.2, 0) is 9.53 Å². The summed E-state index contributed by atoms with van der Waals surface area (Å²) in [5.74, 6) is -0.825. The van der Waals surface area contributed by atoms with E-state index in [4.69, 9.17) is 9.84 Å². The van der Waals surface area contributed by atoms with Crippen molar-refractivity contribution in [3.63, 3.8) is 0 Å². The third-order valence-electron chi connectivity index (χ3n) is 2.17. The molecule has 0 aromatic carbocycles. The standard InChI is InChI=1S/C12H22O3/c1-3-4-9-15-10-7-5-6-8-11(2)12(13)14/h8H,3-7,9-10H2,1-2H3,(H,13,14). The Kier molecular flexibility index (Phi) is 9.18. The van der Waals surface area contributed by atoms with E-state index in [2.05, 4.69) is 6.92 Å². The van der Waals surface area contributed by atoms with Gasteiger partial charge >= 0.3 is 5.97 Å². The van der Waals surface area contributed by atoms with Crippen molar-refractivity contribution in [1.82, 2.24) is 0 Å². The zero-order valence-electron chi connectivity index (χ0n) is 9.79. The van der Waals surface area contributed by atoms with Crippen LogP contribution in [0.3, 0.4) is 0 Å². The summed E-state index contributed by atoms with van der Waals surface area (Å²) in [5, 5.41) is 8.59. The summed E-state index contributed by atoms with van der Waals surface area (Å²) in [6.45, 7) is 5.41. The molecule has 15 heavy (non-hydrogen) atoms. The minimum absolute atomic E-state index is 0.432. The van der Waals surface area contributed by atoms with Gasteiger partial charge in [-0.1, -0.05) is 19.4 Å².